The van der Waals surface area contributed by atoms with E-state index in [0.29, 0.717) is 10.2 Å². The Morgan fingerprint density at radius 2 is 1.59 bits per heavy atom. The average Bonchev–Trinajstić information content (AvgIpc) is 2.80. The molecule has 0 spiro atoms. The number of esters is 1. The summed E-state index contributed by atoms with van der Waals surface area (Å²) in [5.74, 6) is -3.04. The van der Waals surface area contributed by atoms with Crippen LogP contribution >= 0.6 is 15.9 Å². The van der Waals surface area contributed by atoms with Gasteiger partial charge in [-0.2, -0.15) is 13.2 Å². The number of hydrogen-bond donors (Lipinski definition) is 0. The molecule has 3 aromatic carbocycles. The van der Waals surface area contributed by atoms with Crippen LogP contribution in [0.15, 0.2) is 80.4 Å². The Morgan fingerprint density at radius 3 is 2.24 bits per heavy atom. The van der Waals surface area contributed by atoms with Crippen LogP contribution in [0.2, 0.25) is 0 Å². The van der Waals surface area contributed by atoms with Crippen LogP contribution in [0.3, 0.4) is 0 Å². The molecule has 34 heavy (non-hydrogen) atoms. The van der Waals surface area contributed by atoms with Crippen molar-refractivity contribution in [1.82, 2.24) is 0 Å². The van der Waals surface area contributed by atoms with E-state index in [-0.39, 0.29) is 22.4 Å². The zero-order valence-corrected chi connectivity index (χ0v) is 18.9. The van der Waals surface area contributed by atoms with E-state index >= 15 is 0 Å². The Balaban J connectivity index is 1.74. The van der Waals surface area contributed by atoms with Crippen molar-refractivity contribution in [1.29, 1.82) is 0 Å². The Bertz CT molecular complexity index is 1430. The fraction of sp³-hybridized carbons (Fsp3) is 0.0833. The minimum absolute atomic E-state index is 0.0167. The van der Waals surface area contributed by atoms with Crippen LogP contribution in [0.4, 0.5) is 13.2 Å². The van der Waals surface area contributed by atoms with Gasteiger partial charge in [-0.05, 0) is 64.5 Å². The number of hydrogen-bond acceptors (Lipinski definition) is 6. The van der Waals surface area contributed by atoms with E-state index < -0.39 is 34.7 Å². The first-order chi connectivity index (χ1) is 16.2. The van der Waals surface area contributed by atoms with Gasteiger partial charge >= 0.3 is 12.1 Å². The van der Waals surface area contributed by atoms with E-state index in [1.54, 1.807) is 18.2 Å². The summed E-state index contributed by atoms with van der Waals surface area (Å²) in [4.78, 5) is 25.3. The third-order valence-corrected chi connectivity index (χ3v) is 5.35. The standard InChI is InChI=1S/C24H14BrF3O6/c1-31-13-6-8-14(9-7-13)32-21-20(29)17-11-10-15(12-19(17)34-22(21)24(26,27)28)33-23(30)16-4-2-3-5-18(16)25/h2-12H,1H3. The summed E-state index contributed by atoms with van der Waals surface area (Å²) < 4.78 is 62.2. The molecule has 0 fully saturated rings. The molecule has 0 radical (unpaired) electrons. The lowest BCUT2D eigenvalue weighted by atomic mass is 10.2. The average molecular weight is 535 g/mol. The normalized spacial score (nSPS) is 11.3. The highest BCUT2D eigenvalue weighted by Crippen LogP contribution is 2.39. The third kappa shape index (κ3) is 4.76. The Kier molecular flexibility index (Phi) is 6.34. The van der Waals surface area contributed by atoms with Gasteiger partial charge in [0.15, 0.2) is 0 Å². The number of alkyl halides is 3. The zero-order valence-electron chi connectivity index (χ0n) is 17.3. The maximum atomic E-state index is 13.7. The maximum absolute atomic E-state index is 13.7. The van der Waals surface area contributed by atoms with Crippen LogP contribution in [0.1, 0.15) is 16.1 Å². The Morgan fingerprint density at radius 1 is 0.941 bits per heavy atom. The van der Waals surface area contributed by atoms with Gasteiger partial charge in [-0.1, -0.05) is 12.1 Å². The smallest absolute Gasteiger partial charge is 0.453 e. The van der Waals surface area contributed by atoms with Crippen molar-refractivity contribution in [2.24, 2.45) is 0 Å². The fourth-order valence-electron chi connectivity index (χ4n) is 3.05. The molecule has 4 aromatic rings. The minimum Gasteiger partial charge on any atom is -0.497 e. The number of halogens is 4. The molecular weight excluding hydrogens is 521 g/mol. The number of benzene rings is 3. The van der Waals surface area contributed by atoms with Crippen LogP contribution in [0.5, 0.6) is 23.0 Å². The second kappa shape index (κ2) is 9.22. The largest absolute Gasteiger partial charge is 0.497 e. The molecule has 10 heteroatoms. The second-order valence-electron chi connectivity index (χ2n) is 6.89. The third-order valence-electron chi connectivity index (χ3n) is 4.66. The molecule has 174 valence electrons. The molecule has 0 aliphatic rings. The summed E-state index contributed by atoms with van der Waals surface area (Å²) >= 11 is 3.23. The van der Waals surface area contributed by atoms with Crippen molar-refractivity contribution in [2.75, 3.05) is 7.11 Å². The molecule has 1 aromatic heterocycles. The van der Waals surface area contributed by atoms with Gasteiger partial charge < -0.3 is 18.6 Å². The molecule has 0 saturated carbocycles. The maximum Gasteiger partial charge on any atom is 0.453 e. The molecule has 0 aliphatic carbocycles. The van der Waals surface area contributed by atoms with Crippen LogP contribution < -0.4 is 19.6 Å². The lowest BCUT2D eigenvalue weighted by molar-refractivity contribution is -0.154. The number of carbonyl (C=O) groups excluding carboxylic acids is 1. The topological polar surface area (TPSA) is 75.0 Å². The molecule has 0 N–H and O–H groups in total. The van der Waals surface area contributed by atoms with E-state index in [1.807, 2.05) is 0 Å². The molecule has 0 atom stereocenters. The summed E-state index contributed by atoms with van der Waals surface area (Å²) in [5, 5.41) is -0.183. The fourth-order valence-corrected chi connectivity index (χ4v) is 3.50. The monoisotopic (exact) mass is 534 g/mol. The number of rotatable bonds is 5. The molecule has 4 rings (SSSR count). The molecule has 1 heterocycles. The second-order valence-corrected chi connectivity index (χ2v) is 7.75. The van der Waals surface area contributed by atoms with Gasteiger partial charge in [0.1, 0.15) is 22.8 Å². The molecule has 0 bridgehead atoms. The van der Waals surface area contributed by atoms with Crippen molar-refractivity contribution in [2.45, 2.75) is 6.18 Å². The lowest BCUT2D eigenvalue weighted by Crippen LogP contribution is -2.15. The van der Waals surface area contributed by atoms with Gasteiger partial charge in [0, 0.05) is 10.5 Å². The number of ether oxygens (including phenoxy) is 3. The first kappa shape index (κ1) is 23.4. The zero-order chi connectivity index (χ0) is 24.5. The van der Waals surface area contributed by atoms with Gasteiger partial charge in [-0.25, -0.2) is 4.79 Å². The van der Waals surface area contributed by atoms with Gasteiger partial charge in [0.05, 0.1) is 18.1 Å². The predicted molar refractivity (Wildman–Crippen MR) is 120 cm³/mol. The molecule has 6 nitrogen and oxygen atoms in total. The SMILES string of the molecule is COc1ccc(Oc2c(C(F)(F)F)oc3cc(OC(=O)c4ccccc4Br)ccc3c2=O)cc1. The highest BCUT2D eigenvalue weighted by atomic mass is 79.9. The number of methoxy groups -OCH3 is 1. The highest BCUT2D eigenvalue weighted by molar-refractivity contribution is 9.10. The Labute approximate surface area is 198 Å². The predicted octanol–water partition coefficient (Wildman–Crippen LogP) is 6.59. The van der Waals surface area contributed by atoms with E-state index in [4.69, 9.17) is 18.6 Å². The van der Waals surface area contributed by atoms with Crippen molar-refractivity contribution >= 4 is 32.9 Å². The van der Waals surface area contributed by atoms with Crippen LogP contribution in [0.25, 0.3) is 11.0 Å². The summed E-state index contributed by atoms with van der Waals surface area (Å²) in [5.41, 5.74) is -1.24. The number of fused-ring (bicyclic) bond motifs is 1. The van der Waals surface area contributed by atoms with E-state index in [1.165, 1.54) is 49.6 Å². The van der Waals surface area contributed by atoms with Gasteiger partial charge in [0.25, 0.3) is 5.76 Å². The van der Waals surface area contributed by atoms with E-state index in [2.05, 4.69) is 15.9 Å². The molecular formula is C24H14BrF3O6. The van der Waals surface area contributed by atoms with Gasteiger partial charge in [0.2, 0.25) is 11.2 Å². The van der Waals surface area contributed by atoms with Crippen molar-refractivity contribution in [3.05, 3.63) is 92.7 Å². The van der Waals surface area contributed by atoms with Gasteiger partial charge in [-0.3, -0.25) is 4.79 Å². The van der Waals surface area contributed by atoms with E-state index in [9.17, 15) is 22.8 Å². The summed E-state index contributed by atoms with van der Waals surface area (Å²) in [6.45, 7) is 0. The first-order valence-electron chi connectivity index (χ1n) is 9.64. The van der Waals surface area contributed by atoms with Crippen LogP contribution in [-0.4, -0.2) is 13.1 Å². The molecule has 0 amide bonds. The summed E-state index contributed by atoms with van der Waals surface area (Å²) in [6.07, 6.45) is -5.03. The molecule has 0 saturated heterocycles. The van der Waals surface area contributed by atoms with Gasteiger partial charge in [-0.15, -0.1) is 0 Å². The van der Waals surface area contributed by atoms with Crippen LogP contribution in [0, 0.1) is 0 Å². The lowest BCUT2D eigenvalue weighted by Gasteiger charge is -2.14. The minimum atomic E-state index is -5.03. The van der Waals surface area contributed by atoms with Crippen molar-refractivity contribution in [3.63, 3.8) is 0 Å². The quantitative estimate of drug-likeness (QED) is 0.212. The van der Waals surface area contributed by atoms with Crippen molar-refractivity contribution < 1.29 is 36.6 Å². The summed E-state index contributed by atoms with van der Waals surface area (Å²) in [7, 11) is 1.43. The Hall–Kier alpha value is -3.79. The van der Waals surface area contributed by atoms with E-state index in [0.717, 1.165) is 6.07 Å². The molecule has 0 unspecified atom stereocenters. The summed E-state index contributed by atoms with van der Waals surface area (Å²) in [6, 6.07) is 15.6. The van der Waals surface area contributed by atoms with Crippen molar-refractivity contribution in [3.8, 4) is 23.0 Å². The number of carbonyl (C=O) groups is 1. The first-order valence-corrected chi connectivity index (χ1v) is 10.4. The molecule has 0 aliphatic heterocycles. The van der Waals surface area contributed by atoms with Crippen LogP contribution in [-0.2, 0) is 6.18 Å². The highest BCUT2D eigenvalue weighted by Gasteiger charge is 2.40.